The van der Waals surface area contributed by atoms with E-state index >= 15 is 0 Å². The van der Waals surface area contributed by atoms with Crippen molar-refractivity contribution in [3.8, 4) is 11.1 Å². The molecule has 0 fully saturated rings. The number of nitrogens with zero attached hydrogens (tertiary/aromatic N) is 1. The van der Waals surface area contributed by atoms with E-state index in [0.717, 1.165) is 16.8 Å². The van der Waals surface area contributed by atoms with Gasteiger partial charge in [-0.2, -0.15) is 27.0 Å². The van der Waals surface area contributed by atoms with Gasteiger partial charge in [0.25, 0.3) is 11.8 Å². The van der Waals surface area contributed by atoms with Crippen LogP contribution in [0.25, 0.3) is 11.1 Å². The maximum Gasteiger partial charge on any atom is 0.326 e. The first-order valence-electron chi connectivity index (χ1n) is 14.2. The minimum Gasteiger partial charge on any atom is -0.480 e. The first-order chi connectivity index (χ1) is 21.0. The molecule has 1 aliphatic heterocycles. The van der Waals surface area contributed by atoms with Gasteiger partial charge in [0.2, 0.25) is 0 Å². The van der Waals surface area contributed by atoms with Crippen molar-refractivity contribution < 1.29 is 28.7 Å². The lowest BCUT2D eigenvalue weighted by molar-refractivity contribution is -0.139. The van der Waals surface area contributed by atoms with Crippen LogP contribution in [0.1, 0.15) is 58.9 Å². The lowest BCUT2D eigenvalue weighted by atomic mass is 9.99. The molecule has 1 unspecified atom stereocenters. The number of Topliss-reactive ketones (excluding diaryl/α,β-unsaturated/α-hetero) is 1. The van der Waals surface area contributed by atoms with E-state index in [4.69, 9.17) is 23.2 Å². The number of aliphatic carboxylic acids is 1. The molecular formula is C33H36Cl2FN3O5S2. The van der Waals surface area contributed by atoms with Crippen molar-refractivity contribution in [2.75, 3.05) is 6.54 Å². The van der Waals surface area contributed by atoms with Crippen LogP contribution in [-0.2, 0) is 16.0 Å². The number of halogens is 3. The molecule has 8 nitrogen and oxygen atoms in total. The summed E-state index contributed by atoms with van der Waals surface area (Å²) >= 11 is 12.7. The highest BCUT2D eigenvalue weighted by Crippen LogP contribution is 2.32. The lowest BCUT2D eigenvalue weighted by Crippen LogP contribution is -2.43. The summed E-state index contributed by atoms with van der Waals surface area (Å²) in [6.07, 6.45) is 0.178. The third-order valence-corrected chi connectivity index (χ3v) is 7.94. The number of nitrogens with one attached hydrogen (secondary N) is 2. The van der Waals surface area contributed by atoms with Crippen molar-refractivity contribution in [2.45, 2.75) is 57.3 Å². The minimum atomic E-state index is -1.40. The largest absolute Gasteiger partial charge is 0.480 e. The Morgan fingerprint density at radius 2 is 1.61 bits per heavy atom. The highest BCUT2D eigenvalue weighted by molar-refractivity contribution is 7.59. The topological polar surface area (TPSA) is 125 Å². The Kier molecular flexibility index (Phi) is 15.3. The summed E-state index contributed by atoms with van der Waals surface area (Å²) in [7, 11) is 0. The van der Waals surface area contributed by atoms with Gasteiger partial charge in [0.05, 0.1) is 28.2 Å². The summed E-state index contributed by atoms with van der Waals surface area (Å²) in [6.45, 7) is 1.67. The van der Waals surface area contributed by atoms with Crippen LogP contribution in [0.15, 0.2) is 71.7 Å². The maximum absolute atomic E-state index is 13.4. The Morgan fingerprint density at radius 3 is 2.22 bits per heavy atom. The second-order valence-electron chi connectivity index (χ2n) is 10.7. The van der Waals surface area contributed by atoms with Crippen LogP contribution in [0, 0.1) is 0 Å². The molecule has 4 rings (SSSR count). The summed E-state index contributed by atoms with van der Waals surface area (Å²) in [5, 5.41) is 14.9. The number of benzene rings is 3. The number of hydrogen-bond acceptors (Lipinski definition) is 5. The molecular weight excluding hydrogens is 672 g/mol. The number of carbonyl (C=O) groups is 4. The molecule has 3 N–H and O–H groups in total. The second-order valence-corrected chi connectivity index (χ2v) is 11.5. The van der Waals surface area contributed by atoms with Gasteiger partial charge in [0.1, 0.15) is 12.2 Å². The molecule has 2 amide bonds. The molecule has 0 spiro atoms. The number of carboxylic acid groups (broad SMARTS) is 1. The van der Waals surface area contributed by atoms with Gasteiger partial charge < -0.3 is 15.7 Å². The molecule has 0 saturated heterocycles. The Bertz CT molecular complexity index is 1570. The Balaban J connectivity index is 0.00000368. The first kappa shape index (κ1) is 38.8. The number of aliphatic imine (C=N–C) groups is 1. The molecule has 3 aromatic rings. The fourth-order valence-electron chi connectivity index (χ4n) is 4.86. The van der Waals surface area contributed by atoms with E-state index < -0.39 is 41.8 Å². The fraction of sp³-hybridized carbons (Fsp3) is 0.303. The molecule has 13 heteroatoms. The summed E-state index contributed by atoms with van der Waals surface area (Å²) in [5.74, 6) is -2.99. The molecule has 1 heterocycles. The molecule has 0 saturated carbocycles. The van der Waals surface area contributed by atoms with Crippen molar-refractivity contribution in [1.82, 2.24) is 10.6 Å². The predicted molar refractivity (Wildman–Crippen MR) is 189 cm³/mol. The van der Waals surface area contributed by atoms with Gasteiger partial charge in [0.15, 0.2) is 5.78 Å². The number of amides is 2. The average Bonchev–Trinajstić information content (AvgIpc) is 3.00. The summed E-state index contributed by atoms with van der Waals surface area (Å²) in [4.78, 5) is 54.9. The van der Waals surface area contributed by atoms with Gasteiger partial charge in [-0.1, -0.05) is 65.7 Å². The molecule has 0 aromatic heterocycles. The highest BCUT2D eigenvalue weighted by atomic mass is 35.5. The Morgan fingerprint density at radius 1 is 0.935 bits per heavy atom. The summed E-state index contributed by atoms with van der Waals surface area (Å²) < 4.78 is 13.4. The van der Waals surface area contributed by atoms with E-state index in [-0.39, 0.29) is 62.0 Å². The average molecular weight is 709 g/mol. The van der Waals surface area contributed by atoms with Crippen molar-refractivity contribution in [3.63, 3.8) is 0 Å². The number of carboxylic acids is 1. The van der Waals surface area contributed by atoms with E-state index in [9.17, 15) is 28.7 Å². The normalized spacial score (nSPS) is 15.2. The molecule has 3 aromatic carbocycles. The third-order valence-electron chi connectivity index (χ3n) is 7.35. The molecule has 0 radical (unpaired) electrons. The number of ketones is 1. The molecule has 46 heavy (non-hydrogen) atoms. The zero-order valence-corrected chi connectivity index (χ0v) is 28.5. The number of hydrogen-bond donors (Lipinski definition) is 3. The van der Waals surface area contributed by atoms with Gasteiger partial charge >= 0.3 is 5.97 Å². The first-order valence-corrected chi connectivity index (χ1v) is 14.9. The van der Waals surface area contributed by atoms with Crippen LogP contribution in [0.4, 0.5) is 4.39 Å². The van der Waals surface area contributed by atoms with Crippen LogP contribution in [0.3, 0.4) is 0 Å². The maximum atomic E-state index is 13.4. The van der Waals surface area contributed by atoms with Gasteiger partial charge in [-0.25, -0.2) is 9.18 Å². The van der Waals surface area contributed by atoms with Gasteiger partial charge in [-0.15, -0.1) is 0 Å². The standard InChI is InChI=1S/C33H32Cl2FN3O5.2H2S/c1-19(38-31(41)22-9-5-6-20(14-22)15-25-11-10-24(36)18-37-25)29(40)13-12-28(33(43)44)39-32(42)30-26(34)16-23(17-27(30)35)21-7-3-2-4-8-21;;/h2-9,14,16-17,19,24,28H,10-13,15,18H2,1H3,(H,38,41)(H,39,42)(H,43,44);2*1H2/t19-,24?,28-;;/m0../s1. The van der Waals surface area contributed by atoms with Crippen molar-refractivity contribution >= 4 is 79.5 Å². The smallest absolute Gasteiger partial charge is 0.326 e. The van der Waals surface area contributed by atoms with E-state index in [0.29, 0.717) is 30.4 Å². The van der Waals surface area contributed by atoms with Crippen LogP contribution in [-0.4, -0.2) is 59.2 Å². The summed E-state index contributed by atoms with van der Waals surface area (Å²) in [5.41, 5.74) is 3.54. The third kappa shape index (κ3) is 10.6. The van der Waals surface area contributed by atoms with Gasteiger partial charge in [0, 0.05) is 24.1 Å². The Labute approximate surface area is 291 Å². The number of carbonyl (C=O) groups excluding carboxylic acids is 3. The molecule has 0 bridgehead atoms. The van der Waals surface area contributed by atoms with Crippen molar-refractivity contribution in [2.24, 2.45) is 4.99 Å². The van der Waals surface area contributed by atoms with Crippen LogP contribution in [0.2, 0.25) is 10.0 Å². The van der Waals surface area contributed by atoms with Crippen molar-refractivity contribution in [3.05, 3.63) is 93.5 Å². The fourth-order valence-corrected chi connectivity index (χ4v) is 5.52. The van der Waals surface area contributed by atoms with Crippen molar-refractivity contribution in [1.29, 1.82) is 0 Å². The number of alkyl halides is 1. The van der Waals surface area contributed by atoms with E-state index in [2.05, 4.69) is 15.6 Å². The van der Waals surface area contributed by atoms with E-state index in [1.165, 1.54) is 6.92 Å². The minimum absolute atomic E-state index is 0. The lowest BCUT2D eigenvalue weighted by Gasteiger charge is -2.18. The van der Waals surface area contributed by atoms with Crippen LogP contribution < -0.4 is 10.6 Å². The van der Waals surface area contributed by atoms with Crippen LogP contribution >= 0.6 is 50.2 Å². The Hall–Kier alpha value is -3.38. The second kappa shape index (κ2) is 18.1. The molecule has 246 valence electrons. The van der Waals surface area contributed by atoms with E-state index in [1.54, 1.807) is 30.3 Å². The predicted octanol–water partition coefficient (Wildman–Crippen LogP) is 6.35. The zero-order chi connectivity index (χ0) is 31.8. The summed E-state index contributed by atoms with van der Waals surface area (Å²) in [6, 6.07) is 17.0. The van der Waals surface area contributed by atoms with Gasteiger partial charge in [-0.05, 0) is 67.1 Å². The SMILES string of the molecule is C[C@H](NC(=O)c1cccc(CC2=NCC(F)CC2)c1)C(=O)CC[C@H](NC(=O)c1c(Cl)cc(-c2ccccc2)cc1Cl)C(=O)O.S.S. The molecule has 3 atom stereocenters. The molecule has 1 aliphatic rings. The highest BCUT2D eigenvalue weighted by Gasteiger charge is 2.26. The monoisotopic (exact) mass is 707 g/mol. The van der Waals surface area contributed by atoms with E-state index in [1.807, 2.05) is 36.4 Å². The number of rotatable bonds is 12. The molecule has 0 aliphatic carbocycles. The van der Waals surface area contributed by atoms with Crippen LogP contribution in [0.5, 0.6) is 0 Å². The van der Waals surface area contributed by atoms with Gasteiger partial charge in [-0.3, -0.25) is 19.4 Å². The quantitative estimate of drug-likeness (QED) is 0.202. The zero-order valence-electron chi connectivity index (χ0n) is 25.0.